The Hall–Kier alpha value is -0.890. The lowest BCUT2D eigenvalue weighted by Gasteiger charge is -2.39. The van der Waals surface area contributed by atoms with E-state index in [0.717, 1.165) is 24.8 Å². The number of hydrogen-bond donors (Lipinski definition) is 1. The third kappa shape index (κ3) is 2.37. The van der Waals surface area contributed by atoms with Crippen LogP contribution in [0.4, 0.5) is 4.39 Å². The maximum Gasteiger partial charge on any atom is 0.126 e. The van der Waals surface area contributed by atoms with Crippen LogP contribution >= 0.6 is 0 Å². The van der Waals surface area contributed by atoms with Gasteiger partial charge >= 0.3 is 0 Å². The number of aryl methyl sites for hydroxylation is 1. The van der Waals surface area contributed by atoms with E-state index in [1.807, 2.05) is 0 Å². The molecule has 1 aliphatic rings. The van der Waals surface area contributed by atoms with Crippen LogP contribution in [0.25, 0.3) is 0 Å². The molecule has 1 fully saturated rings. The van der Waals surface area contributed by atoms with Crippen molar-refractivity contribution in [2.75, 3.05) is 0 Å². The van der Waals surface area contributed by atoms with Crippen LogP contribution in [0.2, 0.25) is 0 Å². The molecule has 0 radical (unpaired) electrons. The van der Waals surface area contributed by atoms with E-state index >= 15 is 0 Å². The lowest BCUT2D eigenvalue weighted by molar-refractivity contribution is -0.0336. The molecule has 0 amide bonds. The Morgan fingerprint density at radius 2 is 2.00 bits per heavy atom. The zero-order valence-electron chi connectivity index (χ0n) is 10.8. The maximum atomic E-state index is 13.2. The molecule has 3 atom stereocenters. The molecule has 17 heavy (non-hydrogen) atoms. The Bertz CT molecular complexity index is 415. The van der Waals surface area contributed by atoms with E-state index < -0.39 is 5.60 Å². The first-order valence-corrected chi connectivity index (χ1v) is 6.41. The Balaban J connectivity index is 2.29. The molecule has 0 saturated heterocycles. The summed E-state index contributed by atoms with van der Waals surface area (Å²) in [7, 11) is 0. The highest BCUT2D eigenvalue weighted by atomic mass is 19.1. The van der Waals surface area contributed by atoms with Gasteiger partial charge in [-0.3, -0.25) is 0 Å². The zero-order valence-corrected chi connectivity index (χ0v) is 10.8. The second-order valence-electron chi connectivity index (χ2n) is 5.69. The summed E-state index contributed by atoms with van der Waals surface area (Å²) in [6, 6.07) is 4.98. The maximum absolute atomic E-state index is 13.2. The number of halogens is 1. The standard InChI is InChI=1S/C15H21FO/c1-10-6-7-15(17,9-12(10)3)13-4-5-14(16)11(2)8-13/h4-5,8,10,12,17H,6-7,9H2,1-3H3. The van der Waals surface area contributed by atoms with Gasteiger partial charge in [-0.15, -0.1) is 0 Å². The second-order valence-corrected chi connectivity index (χ2v) is 5.69. The number of benzene rings is 1. The van der Waals surface area contributed by atoms with E-state index in [4.69, 9.17) is 0 Å². The molecule has 0 bridgehead atoms. The average molecular weight is 236 g/mol. The summed E-state index contributed by atoms with van der Waals surface area (Å²) in [6.07, 6.45) is 2.59. The predicted molar refractivity (Wildman–Crippen MR) is 67.2 cm³/mol. The van der Waals surface area contributed by atoms with Crippen LogP contribution in [-0.4, -0.2) is 5.11 Å². The minimum Gasteiger partial charge on any atom is -0.385 e. The first-order valence-electron chi connectivity index (χ1n) is 6.41. The van der Waals surface area contributed by atoms with Crippen LogP contribution < -0.4 is 0 Å². The Morgan fingerprint density at radius 1 is 1.29 bits per heavy atom. The normalized spacial score (nSPS) is 33.7. The molecule has 2 heteroatoms. The molecule has 0 aliphatic heterocycles. The fourth-order valence-corrected chi connectivity index (χ4v) is 2.78. The summed E-state index contributed by atoms with van der Waals surface area (Å²) in [5.74, 6) is 0.977. The van der Waals surface area contributed by atoms with E-state index in [1.54, 1.807) is 19.1 Å². The van der Waals surface area contributed by atoms with Gasteiger partial charge in [-0.05, 0) is 55.2 Å². The molecule has 1 nitrogen and oxygen atoms in total. The van der Waals surface area contributed by atoms with Crippen molar-refractivity contribution < 1.29 is 9.50 Å². The Labute approximate surface area is 103 Å². The van der Waals surface area contributed by atoms with Crippen molar-refractivity contribution in [2.24, 2.45) is 11.8 Å². The van der Waals surface area contributed by atoms with Crippen molar-refractivity contribution in [1.29, 1.82) is 0 Å². The monoisotopic (exact) mass is 236 g/mol. The summed E-state index contributed by atoms with van der Waals surface area (Å²) in [4.78, 5) is 0. The van der Waals surface area contributed by atoms with Crippen LogP contribution in [-0.2, 0) is 5.60 Å². The molecule has 3 unspecified atom stereocenters. The topological polar surface area (TPSA) is 20.2 Å². The fourth-order valence-electron chi connectivity index (χ4n) is 2.78. The summed E-state index contributed by atoms with van der Waals surface area (Å²) in [5.41, 5.74) is 0.724. The smallest absolute Gasteiger partial charge is 0.126 e. The van der Waals surface area contributed by atoms with E-state index in [1.165, 1.54) is 6.07 Å². The molecule has 1 aliphatic carbocycles. The molecule has 1 aromatic carbocycles. The SMILES string of the molecule is Cc1cc(C2(O)CCC(C)C(C)C2)ccc1F. The highest BCUT2D eigenvalue weighted by Gasteiger charge is 2.37. The molecule has 0 aromatic heterocycles. The molecule has 94 valence electrons. The van der Waals surface area contributed by atoms with Gasteiger partial charge < -0.3 is 5.11 Å². The molecule has 2 rings (SSSR count). The van der Waals surface area contributed by atoms with Crippen LogP contribution in [0.1, 0.15) is 44.2 Å². The molecule has 1 saturated carbocycles. The summed E-state index contributed by atoms with van der Waals surface area (Å²) in [6.45, 7) is 6.17. The lowest BCUT2D eigenvalue weighted by atomic mass is 9.70. The van der Waals surface area contributed by atoms with Crippen LogP contribution in [0, 0.1) is 24.6 Å². The quantitative estimate of drug-likeness (QED) is 0.786. The van der Waals surface area contributed by atoms with Crippen LogP contribution in [0.15, 0.2) is 18.2 Å². The highest BCUT2D eigenvalue weighted by molar-refractivity contribution is 5.29. The van der Waals surface area contributed by atoms with E-state index in [0.29, 0.717) is 17.4 Å². The minimum absolute atomic E-state index is 0.199. The van der Waals surface area contributed by atoms with Gasteiger partial charge in [0.2, 0.25) is 0 Å². The summed E-state index contributed by atoms with van der Waals surface area (Å²) >= 11 is 0. The van der Waals surface area contributed by atoms with Crippen molar-refractivity contribution in [2.45, 2.75) is 45.6 Å². The van der Waals surface area contributed by atoms with Gasteiger partial charge in [0.05, 0.1) is 5.60 Å². The predicted octanol–water partition coefficient (Wildman–Crippen LogP) is 3.78. The summed E-state index contributed by atoms with van der Waals surface area (Å²) in [5, 5.41) is 10.7. The minimum atomic E-state index is -0.760. The van der Waals surface area contributed by atoms with Crippen molar-refractivity contribution in [1.82, 2.24) is 0 Å². The third-order valence-electron chi connectivity index (χ3n) is 4.34. The van der Waals surface area contributed by atoms with Gasteiger partial charge in [0.15, 0.2) is 0 Å². The largest absolute Gasteiger partial charge is 0.385 e. The first-order chi connectivity index (χ1) is 7.92. The molecule has 1 aromatic rings. The second kappa shape index (κ2) is 4.41. The van der Waals surface area contributed by atoms with Crippen molar-refractivity contribution >= 4 is 0 Å². The van der Waals surface area contributed by atoms with Gasteiger partial charge in [-0.1, -0.05) is 26.0 Å². The molecular formula is C15H21FO. The lowest BCUT2D eigenvalue weighted by Crippen LogP contribution is -2.35. The molecule has 0 heterocycles. The molecule has 1 N–H and O–H groups in total. The van der Waals surface area contributed by atoms with E-state index in [9.17, 15) is 9.50 Å². The van der Waals surface area contributed by atoms with Crippen molar-refractivity contribution in [3.8, 4) is 0 Å². The average Bonchev–Trinajstić information content (AvgIpc) is 2.28. The number of aliphatic hydroxyl groups is 1. The van der Waals surface area contributed by atoms with Crippen LogP contribution in [0.5, 0.6) is 0 Å². The fraction of sp³-hybridized carbons (Fsp3) is 0.600. The van der Waals surface area contributed by atoms with Crippen LogP contribution in [0.3, 0.4) is 0 Å². The van der Waals surface area contributed by atoms with Gasteiger partial charge in [-0.2, -0.15) is 0 Å². The number of hydrogen-bond acceptors (Lipinski definition) is 1. The first kappa shape index (κ1) is 12.6. The van der Waals surface area contributed by atoms with Gasteiger partial charge in [0.25, 0.3) is 0 Å². The Morgan fingerprint density at radius 3 is 2.59 bits per heavy atom. The van der Waals surface area contributed by atoms with Gasteiger partial charge in [-0.25, -0.2) is 4.39 Å². The van der Waals surface area contributed by atoms with Crippen molar-refractivity contribution in [3.63, 3.8) is 0 Å². The van der Waals surface area contributed by atoms with E-state index in [-0.39, 0.29) is 5.82 Å². The third-order valence-corrected chi connectivity index (χ3v) is 4.34. The van der Waals surface area contributed by atoms with E-state index in [2.05, 4.69) is 13.8 Å². The highest BCUT2D eigenvalue weighted by Crippen LogP contribution is 2.42. The molecular weight excluding hydrogens is 215 g/mol. The van der Waals surface area contributed by atoms with Gasteiger partial charge in [0, 0.05) is 0 Å². The van der Waals surface area contributed by atoms with Crippen molar-refractivity contribution in [3.05, 3.63) is 35.1 Å². The zero-order chi connectivity index (χ0) is 12.6. The molecule has 0 spiro atoms. The van der Waals surface area contributed by atoms with Gasteiger partial charge in [0.1, 0.15) is 5.82 Å². The Kier molecular flexibility index (Phi) is 3.26. The summed E-state index contributed by atoms with van der Waals surface area (Å²) < 4.78 is 13.2. The number of rotatable bonds is 1.